The first kappa shape index (κ1) is 24.2. The van der Waals surface area contributed by atoms with Crippen LogP contribution in [-0.4, -0.2) is 61.3 Å². The monoisotopic (exact) mass is 487 g/mol. The molecule has 1 atom stereocenters. The molecule has 7 nitrogen and oxygen atoms in total. The Morgan fingerprint density at radius 1 is 0.833 bits per heavy atom. The van der Waals surface area contributed by atoms with Crippen LogP contribution < -0.4 is 19.7 Å². The first-order valence-electron chi connectivity index (χ1n) is 12.6. The molecule has 2 aliphatic rings. The van der Waals surface area contributed by atoms with E-state index < -0.39 is 6.10 Å². The number of anilines is 2. The zero-order chi connectivity index (χ0) is 24.7. The smallest absolute Gasteiger partial charge is 0.224 e. The molecule has 3 aromatic carbocycles. The Labute approximate surface area is 212 Å². The molecule has 2 aliphatic heterocycles. The predicted molar refractivity (Wildman–Crippen MR) is 141 cm³/mol. The molecule has 1 fully saturated rings. The maximum absolute atomic E-state index is 12.1. The third-order valence-electron chi connectivity index (χ3n) is 6.73. The zero-order valence-corrected chi connectivity index (χ0v) is 20.4. The minimum absolute atomic E-state index is 0.0288. The Morgan fingerprint density at radius 2 is 1.53 bits per heavy atom. The second kappa shape index (κ2) is 11.5. The van der Waals surface area contributed by atoms with Crippen molar-refractivity contribution in [1.82, 2.24) is 4.90 Å². The van der Waals surface area contributed by atoms with Crippen molar-refractivity contribution in [3.8, 4) is 11.5 Å². The summed E-state index contributed by atoms with van der Waals surface area (Å²) >= 11 is 0. The van der Waals surface area contributed by atoms with Gasteiger partial charge in [0.25, 0.3) is 0 Å². The van der Waals surface area contributed by atoms with Gasteiger partial charge in [-0.25, -0.2) is 0 Å². The average molecular weight is 488 g/mol. The number of piperazine rings is 1. The van der Waals surface area contributed by atoms with Crippen LogP contribution in [0.4, 0.5) is 11.4 Å². The largest absolute Gasteiger partial charge is 0.490 e. The molecule has 0 spiro atoms. The third-order valence-corrected chi connectivity index (χ3v) is 6.73. The number of nitrogens with one attached hydrogen (secondary N) is 1. The van der Waals surface area contributed by atoms with E-state index in [9.17, 15) is 9.90 Å². The van der Waals surface area contributed by atoms with Gasteiger partial charge in [0.15, 0.2) is 0 Å². The number of carbonyl (C=O) groups excluding carboxylic acids is 1. The quantitative estimate of drug-likeness (QED) is 0.479. The fraction of sp³-hybridized carbons (Fsp3) is 0.345. The molecule has 0 aliphatic carbocycles. The summed E-state index contributed by atoms with van der Waals surface area (Å²) in [6, 6.07) is 24.1. The van der Waals surface area contributed by atoms with E-state index in [0.717, 1.165) is 37.3 Å². The van der Waals surface area contributed by atoms with Crippen LogP contribution in [0.15, 0.2) is 72.8 Å². The van der Waals surface area contributed by atoms with Crippen LogP contribution in [0.5, 0.6) is 11.5 Å². The van der Waals surface area contributed by atoms with E-state index in [-0.39, 0.29) is 12.5 Å². The van der Waals surface area contributed by atoms with Crippen LogP contribution in [-0.2, 0) is 17.8 Å². The van der Waals surface area contributed by atoms with Gasteiger partial charge in [0.05, 0.1) is 5.69 Å². The lowest BCUT2D eigenvalue weighted by Gasteiger charge is -2.36. The Kier molecular flexibility index (Phi) is 7.69. The van der Waals surface area contributed by atoms with Crippen molar-refractivity contribution >= 4 is 17.3 Å². The van der Waals surface area contributed by atoms with E-state index in [1.807, 2.05) is 48.5 Å². The second-order valence-corrected chi connectivity index (χ2v) is 9.33. The van der Waals surface area contributed by atoms with Gasteiger partial charge in [-0.15, -0.1) is 0 Å². The SMILES string of the molecule is O=C1CCc2c(OCC(O)CN3CCN(c4ccccc4)CC3)ccc(OCc3ccccc3)c2N1. The molecule has 7 heteroatoms. The lowest BCUT2D eigenvalue weighted by atomic mass is 10.0. The van der Waals surface area contributed by atoms with Gasteiger partial charge in [-0.1, -0.05) is 48.5 Å². The van der Waals surface area contributed by atoms with Gasteiger partial charge in [0.2, 0.25) is 5.91 Å². The Bertz CT molecular complexity index is 1150. The highest BCUT2D eigenvalue weighted by atomic mass is 16.5. The van der Waals surface area contributed by atoms with Crippen LogP contribution >= 0.6 is 0 Å². The number of ether oxygens (including phenoxy) is 2. The van der Waals surface area contributed by atoms with Crippen LogP contribution in [0.25, 0.3) is 0 Å². The molecule has 0 saturated carbocycles. The van der Waals surface area contributed by atoms with Gasteiger partial charge in [-0.3, -0.25) is 9.69 Å². The number of para-hydroxylation sites is 1. The summed E-state index contributed by atoms with van der Waals surface area (Å²) in [6.07, 6.45) is 0.382. The molecule has 1 unspecified atom stereocenters. The summed E-state index contributed by atoms with van der Waals surface area (Å²) in [6.45, 7) is 4.87. The summed E-state index contributed by atoms with van der Waals surface area (Å²) < 4.78 is 12.1. The first-order chi connectivity index (χ1) is 17.7. The molecule has 1 saturated heterocycles. The van der Waals surface area contributed by atoms with Crippen LogP contribution in [0, 0.1) is 0 Å². The van der Waals surface area contributed by atoms with E-state index in [1.54, 1.807) is 0 Å². The van der Waals surface area contributed by atoms with Crippen molar-refractivity contribution in [2.45, 2.75) is 25.6 Å². The normalized spacial score (nSPS) is 16.7. The van der Waals surface area contributed by atoms with Crippen LogP contribution in [0.1, 0.15) is 17.5 Å². The Hall–Kier alpha value is -3.55. The fourth-order valence-corrected chi connectivity index (χ4v) is 4.79. The number of hydrogen-bond donors (Lipinski definition) is 2. The molecule has 5 rings (SSSR count). The number of hydrogen-bond acceptors (Lipinski definition) is 6. The highest BCUT2D eigenvalue weighted by Gasteiger charge is 2.24. The molecule has 0 aromatic heterocycles. The molecule has 0 radical (unpaired) electrons. The van der Waals surface area contributed by atoms with Gasteiger partial charge in [-0.2, -0.15) is 0 Å². The lowest BCUT2D eigenvalue weighted by Crippen LogP contribution is -2.49. The number of β-amino-alcohol motifs (C(OH)–C–C–N with tert-alkyl or cyclic N) is 1. The number of amides is 1. The summed E-state index contributed by atoms with van der Waals surface area (Å²) in [7, 11) is 0. The van der Waals surface area contributed by atoms with Gasteiger partial charge >= 0.3 is 0 Å². The minimum Gasteiger partial charge on any atom is -0.490 e. The summed E-state index contributed by atoms with van der Waals surface area (Å²) in [5.41, 5.74) is 3.89. The Morgan fingerprint density at radius 3 is 2.28 bits per heavy atom. The van der Waals surface area contributed by atoms with Crippen molar-refractivity contribution in [2.24, 2.45) is 0 Å². The van der Waals surface area contributed by atoms with Crippen molar-refractivity contribution in [3.05, 3.63) is 83.9 Å². The third kappa shape index (κ3) is 5.98. The molecule has 2 heterocycles. The number of fused-ring (bicyclic) bond motifs is 1. The zero-order valence-electron chi connectivity index (χ0n) is 20.4. The molecule has 3 aromatic rings. The van der Waals surface area contributed by atoms with E-state index in [4.69, 9.17) is 9.47 Å². The van der Waals surface area contributed by atoms with Crippen molar-refractivity contribution in [1.29, 1.82) is 0 Å². The average Bonchev–Trinajstić information content (AvgIpc) is 2.92. The van der Waals surface area contributed by atoms with Crippen LogP contribution in [0.3, 0.4) is 0 Å². The maximum Gasteiger partial charge on any atom is 0.224 e. The Balaban J connectivity index is 1.16. The summed E-state index contributed by atoms with van der Waals surface area (Å²) in [5.74, 6) is 1.29. The summed E-state index contributed by atoms with van der Waals surface area (Å²) in [5, 5.41) is 13.6. The first-order valence-corrected chi connectivity index (χ1v) is 12.6. The molecular weight excluding hydrogens is 454 g/mol. The number of rotatable bonds is 9. The lowest BCUT2D eigenvalue weighted by molar-refractivity contribution is -0.116. The van der Waals surface area contributed by atoms with Crippen molar-refractivity contribution in [3.63, 3.8) is 0 Å². The van der Waals surface area contributed by atoms with Crippen molar-refractivity contribution in [2.75, 3.05) is 49.5 Å². The molecule has 188 valence electrons. The molecule has 2 N–H and O–H groups in total. The maximum atomic E-state index is 12.1. The van der Waals surface area contributed by atoms with Gasteiger partial charge in [0.1, 0.15) is 30.8 Å². The topological polar surface area (TPSA) is 74.3 Å². The van der Waals surface area contributed by atoms with Gasteiger partial charge in [-0.05, 0) is 36.2 Å². The number of nitrogens with zero attached hydrogens (tertiary/aromatic N) is 2. The predicted octanol–water partition coefficient (Wildman–Crippen LogP) is 3.71. The molecule has 36 heavy (non-hydrogen) atoms. The summed E-state index contributed by atoms with van der Waals surface area (Å²) in [4.78, 5) is 16.8. The number of aliphatic hydroxyl groups is 1. The second-order valence-electron chi connectivity index (χ2n) is 9.33. The fourth-order valence-electron chi connectivity index (χ4n) is 4.79. The van der Waals surface area contributed by atoms with E-state index in [2.05, 4.69) is 39.4 Å². The van der Waals surface area contributed by atoms with E-state index in [0.29, 0.717) is 43.2 Å². The van der Waals surface area contributed by atoms with E-state index >= 15 is 0 Å². The molecular formula is C29H33N3O4. The highest BCUT2D eigenvalue weighted by molar-refractivity contribution is 5.96. The number of carbonyl (C=O) groups is 1. The van der Waals surface area contributed by atoms with Gasteiger partial charge in [0, 0.05) is 50.4 Å². The van der Waals surface area contributed by atoms with Crippen LogP contribution in [0.2, 0.25) is 0 Å². The molecule has 0 bridgehead atoms. The minimum atomic E-state index is -0.601. The van der Waals surface area contributed by atoms with E-state index in [1.165, 1.54) is 5.69 Å². The highest BCUT2D eigenvalue weighted by Crippen LogP contribution is 2.39. The standard InChI is InChI=1S/C29H33N3O4/c33-24(19-31-15-17-32(18-16-31)23-9-5-2-6-10-23)21-36-26-12-13-27(29-25(26)11-14-28(34)30-29)35-20-22-7-3-1-4-8-22/h1-10,12-13,24,33H,11,14-21H2,(H,30,34). The number of benzene rings is 3. The van der Waals surface area contributed by atoms with Gasteiger partial charge < -0.3 is 24.8 Å². The molecule has 1 amide bonds. The van der Waals surface area contributed by atoms with Crippen molar-refractivity contribution < 1.29 is 19.4 Å². The number of aliphatic hydroxyl groups excluding tert-OH is 1.